The third-order valence-corrected chi connectivity index (χ3v) is 5.76. The van der Waals surface area contributed by atoms with E-state index in [9.17, 15) is 0 Å². The van der Waals surface area contributed by atoms with Crippen molar-refractivity contribution in [2.75, 3.05) is 0 Å². The van der Waals surface area contributed by atoms with E-state index in [1.807, 2.05) is 6.07 Å². The molecule has 0 bridgehead atoms. The van der Waals surface area contributed by atoms with Gasteiger partial charge in [-0.25, -0.2) is 0 Å². The Morgan fingerprint density at radius 1 is 0.821 bits per heavy atom. The summed E-state index contributed by atoms with van der Waals surface area (Å²) in [5.74, 6) is 0. The zero-order valence-electron chi connectivity index (χ0n) is 15.5. The van der Waals surface area contributed by atoms with Crippen LogP contribution in [-0.2, 0) is 58.2 Å². The van der Waals surface area contributed by atoms with E-state index >= 15 is 0 Å². The Kier molecular flexibility index (Phi) is 6.72. The maximum Gasteiger partial charge on any atom is 0.0705 e. The molecule has 1 aliphatic carbocycles. The first kappa shape index (κ1) is 21.2. The third-order valence-electron chi connectivity index (χ3n) is 5.25. The van der Waals surface area contributed by atoms with Crippen LogP contribution < -0.4 is 0 Å². The Morgan fingerprint density at radius 3 is 2.46 bits per heavy atom. The summed E-state index contributed by atoms with van der Waals surface area (Å²) >= 11 is 5.87. The number of para-hydroxylation sites is 1. The van der Waals surface area contributed by atoms with E-state index in [1.54, 1.807) is 0 Å². The molecule has 0 amide bonds. The van der Waals surface area contributed by atoms with E-state index < -0.39 is 0 Å². The molecule has 1 aromatic heterocycles. The van der Waals surface area contributed by atoms with Crippen molar-refractivity contribution < 1.29 is 32.7 Å². The van der Waals surface area contributed by atoms with Crippen LogP contribution in [0.4, 0.5) is 0 Å². The number of fused-ring (bicyclic) bond motifs is 3. The van der Waals surface area contributed by atoms with Gasteiger partial charge in [-0.15, -0.1) is 5.25 Å². The first-order valence-corrected chi connectivity index (χ1v) is 9.45. The van der Waals surface area contributed by atoms with Gasteiger partial charge in [-0.2, -0.15) is 0 Å². The molecule has 2 nitrogen and oxygen atoms in total. The molecule has 0 fully saturated rings. The first-order chi connectivity index (χ1) is 12.8. The standard InChI is InChI=1S/C24H19NS.H2N.Y/c26-24-21-7-3-1-6-18(21)15-19-10-9-16(14-22(19)24)13-20-12-11-17-5-2-4-8-23(17)25-20;;/h1-12,14,24,26H,13,15H2;1H2;/q;-1;/p-1. The molecule has 0 saturated carbocycles. The average Bonchev–Trinajstić information content (AvgIpc) is 2.69. The minimum absolute atomic E-state index is 0. The van der Waals surface area contributed by atoms with E-state index in [0.29, 0.717) is 0 Å². The number of hydrogen-bond acceptors (Lipinski definition) is 2. The molecule has 1 unspecified atom stereocenters. The second kappa shape index (κ2) is 8.88. The molecular weight excluding hydrogens is 437 g/mol. The van der Waals surface area contributed by atoms with Gasteiger partial charge in [-0.1, -0.05) is 77.9 Å². The normalized spacial score (nSPS) is 14.4. The molecule has 2 N–H and O–H groups in total. The fraction of sp³-hybridized carbons (Fsp3) is 0.125. The van der Waals surface area contributed by atoms with Gasteiger partial charge in [0.25, 0.3) is 0 Å². The quantitative estimate of drug-likeness (QED) is 0.343. The van der Waals surface area contributed by atoms with Crippen molar-refractivity contribution in [2.24, 2.45) is 0 Å². The molecule has 1 heterocycles. The zero-order chi connectivity index (χ0) is 17.5. The predicted molar refractivity (Wildman–Crippen MR) is 115 cm³/mol. The number of pyridine rings is 1. The molecule has 28 heavy (non-hydrogen) atoms. The topological polar surface area (TPSA) is 46.4 Å². The summed E-state index contributed by atoms with van der Waals surface area (Å²) in [7, 11) is 0. The van der Waals surface area contributed by atoms with Gasteiger partial charge in [-0.05, 0) is 35.2 Å². The van der Waals surface area contributed by atoms with Gasteiger partial charge in [0, 0.05) is 50.2 Å². The fourth-order valence-electron chi connectivity index (χ4n) is 3.90. The number of nitrogens with zero attached hydrogens (tertiary/aromatic N) is 1. The van der Waals surface area contributed by atoms with Gasteiger partial charge in [0.05, 0.1) is 5.52 Å². The van der Waals surface area contributed by atoms with Gasteiger partial charge in [0.2, 0.25) is 0 Å². The zero-order valence-corrected chi connectivity index (χ0v) is 19.2. The van der Waals surface area contributed by atoms with E-state index in [0.717, 1.165) is 24.1 Å². The number of nitrogens with two attached hydrogens (primary N) is 1. The third kappa shape index (κ3) is 3.95. The van der Waals surface area contributed by atoms with Gasteiger partial charge in [-0.3, -0.25) is 4.98 Å². The Bertz CT molecular complexity index is 1130. The number of hydrogen-bond donors (Lipinski definition) is 0. The van der Waals surface area contributed by atoms with Gasteiger partial charge >= 0.3 is 0 Å². The molecule has 1 atom stereocenters. The molecule has 0 spiro atoms. The number of rotatable bonds is 2. The molecular formula is C24H20N2SY-2. The Hall–Kier alpha value is -1.52. The van der Waals surface area contributed by atoms with Crippen LogP contribution in [0.1, 0.15) is 38.8 Å². The number of benzene rings is 3. The van der Waals surface area contributed by atoms with E-state index in [4.69, 9.17) is 17.6 Å². The summed E-state index contributed by atoms with van der Waals surface area (Å²) < 4.78 is 0. The summed E-state index contributed by atoms with van der Waals surface area (Å²) in [6.45, 7) is 0. The monoisotopic (exact) mass is 457 g/mol. The predicted octanol–water partition coefficient (Wildman–Crippen LogP) is 6.08. The second-order valence-corrected chi connectivity index (χ2v) is 7.43. The van der Waals surface area contributed by atoms with Crippen LogP contribution in [0.5, 0.6) is 0 Å². The van der Waals surface area contributed by atoms with Crippen LogP contribution in [0, 0.1) is 0 Å². The minimum Gasteiger partial charge on any atom is -0.780 e. The van der Waals surface area contributed by atoms with Crippen LogP contribution >= 0.6 is 0 Å². The largest absolute Gasteiger partial charge is 0.780 e. The maximum atomic E-state index is 5.87. The van der Waals surface area contributed by atoms with E-state index in [1.165, 1.54) is 33.2 Å². The van der Waals surface area contributed by atoms with Gasteiger partial charge < -0.3 is 18.8 Å². The van der Waals surface area contributed by atoms with Crippen molar-refractivity contribution >= 4 is 23.5 Å². The Labute approximate surface area is 196 Å². The van der Waals surface area contributed by atoms with Crippen molar-refractivity contribution in [1.82, 2.24) is 4.98 Å². The SMILES string of the molecule is [NH2-].[S-]C1c2ccccc2Cc2ccc(Cc3ccc4ccccc4n3)cc21.[Y]. The van der Waals surface area contributed by atoms with Crippen molar-refractivity contribution in [3.63, 3.8) is 0 Å². The van der Waals surface area contributed by atoms with Crippen LogP contribution in [-0.4, -0.2) is 4.98 Å². The summed E-state index contributed by atoms with van der Waals surface area (Å²) in [6, 6.07) is 27.9. The maximum absolute atomic E-state index is 5.87. The van der Waals surface area contributed by atoms with Crippen LogP contribution in [0.15, 0.2) is 78.9 Å². The van der Waals surface area contributed by atoms with Gasteiger partial charge in [0.15, 0.2) is 0 Å². The number of aromatic nitrogens is 1. The van der Waals surface area contributed by atoms with Crippen LogP contribution in [0.25, 0.3) is 17.1 Å². The summed E-state index contributed by atoms with van der Waals surface area (Å²) in [5.41, 5.74) is 8.73. The van der Waals surface area contributed by atoms with E-state index in [2.05, 4.69) is 72.8 Å². The Balaban J connectivity index is 0.00000112. The average molecular weight is 457 g/mol. The Morgan fingerprint density at radius 2 is 1.57 bits per heavy atom. The molecule has 1 radical (unpaired) electrons. The van der Waals surface area contributed by atoms with Crippen molar-refractivity contribution in [1.29, 1.82) is 0 Å². The van der Waals surface area contributed by atoms with Crippen molar-refractivity contribution in [3.8, 4) is 0 Å². The molecule has 4 aromatic rings. The van der Waals surface area contributed by atoms with Crippen molar-refractivity contribution in [2.45, 2.75) is 18.1 Å². The van der Waals surface area contributed by atoms with Crippen molar-refractivity contribution in [3.05, 3.63) is 119 Å². The fourth-order valence-corrected chi connectivity index (χ4v) is 4.35. The molecule has 4 heteroatoms. The van der Waals surface area contributed by atoms with E-state index in [-0.39, 0.29) is 44.1 Å². The minimum atomic E-state index is 0. The molecule has 1 aliphatic rings. The summed E-state index contributed by atoms with van der Waals surface area (Å²) in [6.07, 6.45) is 1.81. The first-order valence-electron chi connectivity index (χ1n) is 8.98. The molecule has 0 saturated heterocycles. The molecule has 5 rings (SSSR count). The summed E-state index contributed by atoms with van der Waals surface area (Å²) in [5, 5.41) is 1.23. The van der Waals surface area contributed by atoms with Gasteiger partial charge in [0.1, 0.15) is 0 Å². The summed E-state index contributed by atoms with van der Waals surface area (Å²) in [4.78, 5) is 4.81. The van der Waals surface area contributed by atoms with Crippen LogP contribution in [0.3, 0.4) is 0 Å². The molecule has 137 valence electrons. The molecule has 0 aliphatic heterocycles. The van der Waals surface area contributed by atoms with Crippen LogP contribution in [0.2, 0.25) is 0 Å². The second-order valence-electron chi connectivity index (χ2n) is 6.96. The molecule has 3 aromatic carbocycles. The smallest absolute Gasteiger partial charge is 0.0705 e.